The maximum absolute atomic E-state index is 12.0. The lowest BCUT2D eigenvalue weighted by Gasteiger charge is -2.27. The minimum absolute atomic E-state index is 0.297. The molecule has 2 fully saturated rings. The van der Waals surface area contributed by atoms with Gasteiger partial charge in [0.2, 0.25) is 5.91 Å². The highest BCUT2D eigenvalue weighted by molar-refractivity contribution is 5.78. The fourth-order valence-corrected chi connectivity index (χ4v) is 3.16. The van der Waals surface area contributed by atoms with E-state index in [-0.39, 0.29) is 0 Å². The maximum atomic E-state index is 12.0. The third kappa shape index (κ3) is 1.84. The molecule has 0 spiro atoms. The van der Waals surface area contributed by atoms with Crippen molar-refractivity contribution in [2.45, 2.75) is 25.4 Å². The van der Waals surface area contributed by atoms with Crippen molar-refractivity contribution in [3.8, 4) is 0 Å². The maximum Gasteiger partial charge on any atom is 0.223 e. The summed E-state index contributed by atoms with van der Waals surface area (Å²) in [6.45, 7) is 1.46. The van der Waals surface area contributed by atoms with Gasteiger partial charge in [-0.15, -0.1) is 0 Å². The summed E-state index contributed by atoms with van der Waals surface area (Å²) in [6, 6.07) is 10.6. The standard InChI is InChI=1S/C14H18N2O/c15-8-12-11-6-7-13(17)16(14(11)12)9-10-4-2-1-3-5-10/h1-5,11-12,14H,6-9,15H2. The second-order valence-corrected chi connectivity index (χ2v) is 5.10. The van der Waals surface area contributed by atoms with E-state index in [1.165, 1.54) is 5.56 Å². The van der Waals surface area contributed by atoms with Gasteiger partial charge in [-0.1, -0.05) is 30.3 Å². The van der Waals surface area contributed by atoms with Crippen LogP contribution in [0.3, 0.4) is 0 Å². The number of carbonyl (C=O) groups is 1. The van der Waals surface area contributed by atoms with Gasteiger partial charge in [-0.25, -0.2) is 0 Å². The Morgan fingerprint density at radius 2 is 2.06 bits per heavy atom. The summed E-state index contributed by atoms with van der Waals surface area (Å²) in [5.41, 5.74) is 6.97. The Balaban J connectivity index is 1.75. The number of piperidine rings is 1. The van der Waals surface area contributed by atoms with Crippen molar-refractivity contribution in [1.82, 2.24) is 4.90 Å². The number of nitrogens with zero attached hydrogens (tertiary/aromatic N) is 1. The number of fused-ring (bicyclic) bond motifs is 1. The minimum atomic E-state index is 0.297. The molecule has 2 N–H and O–H groups in total. The van der Waals surface area contributed by atoms with Crippen LogP contribution in [0.25, 0.3) is 0 Å². The molecular weight excluding hydrogens is 212 g/mol. The highest BCUT2D eigenvalue weighted by atomic mass is 16.2. The number of likely N-dealkylation sites (tertiary alicyclic amines) is 1. The normalized spacial score (nSPS) is 31.2. The van der Waals surface area contributed by atoms with Crippen LogP contribution in [0.4, 0.5) is 0 Å². The van der Waals surface area contributed by atoms with Crippen LogP contribution in [0.5, 0.6) is 0 Å². The predicted octanol–water partition coefficient (Wildman–Crippen LogP) is 1.38. The third-order valence-electron chi connectivity index (χ3n) is 4.13. The Hall–Kier alpha value is -1.35. The average molecular weight is 230 g/mol. The van der Waals surface area contributed by atoms with Gasteiger partial charge in [0.15, 0.2) is 0 Å². The number of nitrogens with two attached hydrogens (primary N) is 1. The first-order valence-electron chi connectivity index (χ1n) is 6.34. The Morgan fingerprint density at radius 1 is 1.29 bits per heavy atom. The first-order chi connectivity index (χ1) is 8.31. The zero-order valence-electron chi connectivity index (χ0n) is 9.88. The van der Waals surface area contributed by atoms with E-state index in [1.807, 2.05) is 23.1 Å². The fraction of sp³-hybridized carbons (Fsp3) is 0.500. The van der Waals surface area contributed by atoms with Crippen LogP contribution < -0.4 is 5.73 Å². The van der Waals surface area contributed by atoms with Crippen LogP contribution in [-0.4, -0.2) is 23.4 Å². The van der Waals surface area contributed by atoms with Gasteiger partial charge in [0, 0.05) is 19.0 Å². The summed E-state index contributed by atoms with van der Waals surface area (Å²) >= 11 is 0. The van der Waals surface area contributed by atoms with E-state index in [1.54, 1.807) is 0 Å². The number of benzene rings is 1. The van der Waals surface area contributed by atoms with E-state index >= 15 is 0 Å². The molecule has 1 saturated carbocycles. The molecule has 3 atom stereocenters. The molecule has 0 radical (unpaired) electrons. The molecule has 0 bridgehead atoms. The molecule has 1 aromatic rings. The van der Waals surface area contributed by atoms with E-state index in [4.69, 9.17) is 5.73 Å². The molecule has 3 rings (SSSR count). The van der Waals surface area contributed by atoms with E-state index in [2.05, 4.69) is 12.1 Å². The quantitative estimate of drug-likeness (QED) is 0.852. The topological polar surface area (TPSA) is 46.3 Å². The van der Waals surface area contributed by atoms with Crippen molar-refractivity contribution in [3.05, 3.63) is 35.9 Å². The van der Waals surface area contributed by atoms with E-state index in [0.717, 1.165) is 13.0 Å². The molecule has 0 aromatic heterocycles. The first kappa shape index (κ1) is 10.8. The summed E-state index contributed by atoms with van der Waals surface area (Å²) in [5, 5.41) is 0. The highest BCUT2D eigenvalue weighted by Crippen LogP contribution is 2.49. The second-order valence-electron chi connectivity index (χ2n) is 5.10. The molecular formula is C14H18N2O. The molecule has 1 aromatic carbocycles. The smallest absolute Gasteiger partial charge is 0.223 e. The van der Waals surface area contributed by atoms with Gasteiger partial charge < -0.3 is 10.6 Å². The van der Waals surface area contributed by atoms with Crippen LogP contribution >= 0.6 is 0 Å². The lowest BCUT2D eigenvalue weighted by molar-refractivity contribution is -0.134. The van der Waals surface area contributed by atoms with Gasteiger partial charge in [0.1, 0.15) is 0 Å². The summed E-state index contributed by atoms with van der Waals surface area (Å²) in [4.78, 5) is 14.0. The van der Waals surface area contributed by atoms with Crippen LogP contribution in [0.2, 0.25) is 0 Å². The van der Waals surface area contributed by atoms with Crippen molar-refractivity contribution >= 4 is 5.91 Å². The van der Waals surface area contributed by atoms with E-state index in [9.17, 15) is 4.79 Å². The zero-order valence-corrected chi connectivity index (χ0v) is 9.88. The van der Waals surface area contributed by atoms with E-state index < -0.39 is 0 Å². The number of amides is 1. The Bertz CT molecular complexity index is 413. The molecule has 2 aliphatic rings. The molecule has 3 heteroatoms. The Labute approximate surface area is 102 Å². The fourth-order valence-electron chi connectivity index (χ4n) is 3.16. The van der Waals surface area contributed by atoms with Crippen molar-refractivity contribution in [3.63, 3.8) is 0 Å². The molecule has 1 aliphatic carbocycles. The zero-order chi connectivity index (χ0) is 11.8. The van der Waals surface area contributed by atoms with Crippen molar-refractivity contribution < 1.29 is 4.79 Å². The summed E-state index contributed by atoms with van der Waals surface area (Å²) in [7, 11) is 0. The number of hydrogen-bond acceptors (Lipinski definition) is 2. The molecule has 1 saturated heterocycles. The lowest BCUT2D eigenvalue weighted by Crippen LogP contribution is -2.37. The van der Waals surface area contributed by atoms with Crippen LogP contribution in [-0.2, 0) is 11.3 Å². The molecule has 1 heterocycles. The van der Waals surface area contributed by atoms with Crippen molar-refractivity contribution in [1.29, 1.82) is 0 Å². The Morgan fingerprint density at radius 3 is 2.76 bits per heavy atom. The predicted molar refractivity (Wildman–Crippen MR) is 66.0 cm³/mol. The number of carbonyl (C=O) groups excluding carboxylic acids is 1. The van der Waals surface area contributed by atoms with Gasteiger partial charge in [-0.2, -0.15) is 0 Å². The highest BCUT2D eigenvalue weighted by Gasteiger charge is 2.55. The molecule has 1 amide bonds. The Kier molecular flexibility index (Phi) is 2.63. The molecule has 3 nitrogen and oxygen atoms in total. The van der Waals surface area contributed by atoms with Gasteiger partial charge >= 0.3 is 0 Å². The number of hydrogen-bond donors (Lipinski definition) is 1. The van der Waals surface area contributed by atoms with Gasteiger partial charge in [0.25, 0.3) is 0 Å². The summed E-state index contributed by atoms with van der Waals surface area (Å²) < 4.78 is 0. The van der Waals surface area contributed by atoms with Gasteiger partial charge in [-0.3, -0.25) is 4.79 Å². The van der Waals surface area contributed by atoms with Crippen molar-refractivity contribution in [2.24, 2.45) is 17.6 Å². The molecule has 90 valence electrons. The lowest BCUT2D eigenvalue weighted by atomic mass is 10.1. The number of rotatable bonds is 3. The monoisotopic (exact) mass is 230 g/mol. The molecule has 3 unspecified atom stereocenters. The van der Waals surface area contributed by atoms with Crippen LogP contribution in [0.1, 0.15) is 18.4 Å². The minimum Gasteiger partial charge on any atom is -0.335 e. The van der Waals surface area contributed by atoms with E-state index in [0.29, 0.717) is 36.8 Å². The molecule has 17 heavy (non-hydrogen) atoms. The summed E-state index contributed by atoms with van der Waals surface area (Å²) in [6.07, 6.45) is 1.74. The van der Waals surface area contributed by atoms with Crippen LogP contribution in [0, 0.1) is 11.8 Å². The second kappa shape index (κ2) is 4.15. The molecule has 1 aliphatic heterocycles. The van der Waals surface area contributed by atoms with Gasteiger partial charge in [-0.05, 0) is 30.4 Å². The van der Waals surface area contributed by atoms with Crippen molar-refractivity contribution in [2.75, 3.05) is 6.54 Å². The SMILES string of the molecule is NCC1C2CCC(=O)N(Cc3ccccc3)C12. The largest absolute Gasteiger partial charge is 0.335 e. The third-order valence-corrected chi connectivity index (χ3v) is 4.13. The first-order valence-corrected chi connectivity index (χ1v) is 6.34. The van der Waals surface area contributed by atoms with Gasteiger partial charge in [0.05, 0.1) is 0 Å². The average Bonchev–Trinajstić information content (AvgIpc) is 3.07. The summed E-state index contributed by atoms with van der Waals surface area (Å²) in [5.74, 6) is 1.51. The van der Waals surface area contributed by atoms with Crippen LogP contribution in [0.15, 0.2) is 30.3 Å².